The summed E-state index contributed by atoms with van der Waals surface area (Å²) in [6.07, 6.45) is 5.68. The van der Waals surface area contributed by atoms with Gasteiger partial charge >= 0.3 is 5.97 Å². The minimum absolute atomic E-state index is 0.292. The molecule has 1 atom stereocenters. The maximum Gasteiger partial charge on any atom is 0.341 e. The van der Waals surface area contributed by atoms with Gasteiger partial charge in [0, 0.05) is 19.3 Å². The van der Waals surface area contributed by atoms with Crippen molar-refractivity contribution in [2.75, 3.05) is 19.7 Å². The summed E-state index contributed by atoms with van der Waals surface area (Å²) in [5.41, 5.74) is 1.91. The molecule has 0 spiro atoms. The van der Waals surface area contributed by atoms with E-state index < -0.39 is 0 Å². The molecule has 0 amide bonds. The number of rotatable bonds is 5. The van der Waals surface area contributed by atoms with Gasteiger partial charge < -0.3 is 4.74 Å². The number of likely N-dealkylation sites (tertiary alicyclic amines) is 1. The molecular formula is C16H21N3O2S. The van der Waals surface area contributed by atoms with Crippen molar-refractivity contribution in [3.05, 3.63) is 40.3 Å². The third kappa shape index (κ3) is 3.56. The van der Waals surface area contributed by atoms with E-state index in [1.54, 1.807) is 17.5 Å². The van der Waals surface area contributed by atoms with Gasteiger partial charge in [0.1, 0.15) is 0 Å². The third-order valence-corrected chi connectivity index (χ3v) is 4.69. The second kappa shape index (κ2) is 7.07. The van der Waals surface area contributed by atoms with Crippen LogP contribution in [0.4, 0.5) is 0 Å². The number of thiophene rings is 1. The van der Waals surface area contributed by atoms with Crippen LogP contribution < -0.4 is 0 Å². The summed E-state index contributed by atoms with van der Waals surface area (Å²) in [4.78, 5) is 14.2. The Balaban J connectivity index is 1.63. The van der Waals surface area contributed by atoms with Gasteiger partial charge in [-0.15, -0.1) is 0 Å². The van der Waals surface area contributed by atoms with E-state index in [1.165, 1.54) is 5.56 Å². The molecule has 1 aliphatic heterocycles. The second-order valence-electron chi connectivity index (χ2n) is 5.59. The summed E-state index contributed by atoms with van der Waals surface area (Å²) in [6.45, 7) is 5.29. The zero-order chi connectivity index (χ0) is 15.4. The fourth-order valence-corrected chi connectivity index (χ4v) is 3.55. The van der Waals surface area contributed by atoms with Crippen LogP contribution in [0.15, 0.2) is 29.2 Å². The molecule has 0 radical (unpaired) electrons. The molecule has 2 aromatic heterocycles. The zero-order valence-corrected chi connectivity index (χ0v) is 13.6. The summed E-state index contributed by atoms with van der Waals surface area (Å²) < 4.78 is 6.94. The quantitative estimate of drug-likeness (QED) is 0.795. The number of aromatic nitrogens is 2. The number of hydrogen-bond donors (Lipinski definition) is 0. The summed E-state index contributed by atoms with van der Waals surface area (Å²) in [7, 11) is 0. The largest absolute Gasteiger partial charge is 0.462 e. The molecule has 0 bridgehead atoms. The van der Waals surface area contributed by atoms with E-state index in [2.05, 4.69) is 26.8 Å². The lowest BCUT2D eigenvalue weighted by Crippen LogP contribution is -2.36. The molecule has 6 heteroatoms. The van der Waals surface area contributed by atoms with Gasteiger partial charge in [0.2, 0.25) is 0 Å². The first-order chi connectivity index (χ1) is 10.8. The molecule has 118 valence electrons. The number of esters is 1. The molecule has 2 aromatic rings. The highest BCUT2D eigenvalue weighted by Gasteiger charge is 2.23. The van der Waals surface area contributed by atoms with Gasteiger partial charge in [0.15, 0.2) is 0 Å². The zero-order valence-electron chi connectivity index (χ0n) is 12.8. The van der Waals surface area contributed by atoms with Gasteiger partial charge in [0.05, 0.1) is 24.4 Å². The molecule has 1 fully saturated rings. The van der Waals surface area contributed by atoms with Crippen molar-refractivity contribution in [1.82, 2.24) is 14.7 Å². The predicted molar refractivity (Wildman–Crippen MR) is 86.1 cm³/mol. The number of carbonyl (C=O) groups excluding carboxylic acids is 1. The van der Waals surface area contributed by atoms with E-state index in [9.17, 15) is 4.79 Å². The van der Waals surface area contributed by atoms with Gasteiger partial charge in [-0.3, -0.25) is 9.58 Å². The number of carbonyl (C=O) groups is 1. The number of ether oxygens (including phenoxy) is 1. The molecule has 0 unspecified atom stereocenters. The summed E-state index contributed by atoms with van der Waals surface area (Å²) in [5.74, 6) is -0.292. The van der Waals surface area contributed by atoms with Crippen molar-refractivity contribution >= 4 is 17.3 Å². The third-order valence-electron chi connectivity index (χ3n) is 3.95. The molecule has 3 heterocycles. The van der Waals surface area contributed by atoms with Crippen LogP contribution >= 0.6 is 11.3 Å². The van der Waals surface area contributed by atoms with Crippen molar-refractivity contribution in [2.45, 2.75) is 32.4 Å². The summed E-state index contributed by atoms with van der Waals surface area (Å²) in [5, 5.41) is 8.69. The van der Waals surface area contributed by atoms with Crippen LogP contribution in [-0.2, 0) is 11.3 Å². The van der Waals surface area contributed by atoms with Crippen LogP contribution in [0.1, 0.15) is 41.7 Å². The highest BCUT2D eigenvalue weighted by Crippen LogP contribution is 2.23. The van der Waals surface area contributed by atoms with Crippen LogP contribution in [-0.4, -0.2) is 40.3 Å². The Morgan fingerprint density at radius 3 is 3.23 bits per heavy atom. The van der Waals surface area contributed by atoms with E-state index in [4.69, 9.17) is 4.74 Å². The minimum Gasteiger partial charge on any atom is -0.462 e. The number of piperidine rings is 1. The van der Waals surface area contributed by atoms with Gasteiger partial charge in [-0.2, -0.15) is 16.4 Å². The average Bonchev–Trinajstić information content (AvgIpc) is 3.19. The van der Waals surface area contributed by atoms with Gasteiger partial charge in [-0.1, -0.05) is 0 Å². The Morgan fingerprint density at radius 1 is 1.55 bits per heavy atom. The lowest BCUT2D eigenvalue weighted by atomic mass is 10.1. The molecule has 3 rings (SSSR count). The van der Waals surface area contributed by atoms with Crippen LogP contribution in [0.25, 0.3) is 0 Å². The highest BCUT2D eigenvalue weighted by molar-refractivity contribution is 7.07. The maximum absolute atomic E-state index is 11.7. The SMILES string of the molecule is CCOC(=O)c1cnn([C@H]2CCCN(Cc3ccsc3)C2)c1. The molecule has 1 saturated heterocycles. The lowest BCUT2D eigenvalue weighted by Gasteiger charge is -2.32. The maximum atomic E-state index is 11.7. The summed E-state index contributed by atoms with van der Waals surface area (Å²) >= 11 is 1.74. The Hall–Kier alpha value is -1.66. The normalized spacial score (nSPS) is 19.2. The topological polar surface area (TPSA) is 47.4 Å². The van der Waals surface area contributed by atoms with E-state index in [0.717, 1.165) is 32.5 Å². The molecule has 0 aliphatic carbocycles. The fourth-order valence-electron chi connectivity index (χ4n) is 2.89. The first-order valence-electron chi connectivity index (χ1n) is 7.71. The van der Waals surface area contributed by atoms with Crippen molar-refractivity contribution in [1.29, 1.82) is 0 Å². The van der Waals surface area contributed by atoms with Crippen LogP contribution in [0.5, 0.6) is 0 Å². The van der Waals surface area contributed by atoms with Crippen LogP contribution in [0, 0.1) is 0 Å². The minimum atomic E-state index is -0.292. The van der Waals surface area contributed by atoms with Gasteiger partial charge in [-0.05, 0) is 48.7 Å². The first-order valence-corrected chi connectivity index (χ1v) is 8.65. The molecule has 0 aromatic carbocycles. The van der Waals surface area contributed by atoms with Crippen molar-refractivity contribution < 1.29 is 9.53 Å². The predicted octanol–water partition coefficient (Wildman–Crippen LogP) is 2.96. The summed E-state index contributed by atoms with van der Waals surface area (Å²) in [6, 6.07) is 2.51. The van der Waals surface area contributed by atoms with E-state index in [1.807, 2.05) is 17.8 Å². The number of nitrogens with zero attached hydrogens (tertiary/aromatic N) is 3. The number of hydrogen-bond acceptors (Lipinski definition) is 5. The molecule has 1 aliphatic rings. The Kier molecular flexibility index (Phi) is 4.90. The molecular weight excluding hydrogens is 298 g/mol. The second-order valence-corrected chi connectivity index (χ2v) is 6.37. The van der Waals surface area contributed by atoms with E-state index >= 15 is 0 Å². The molecule has 0 N–H and O–H groups in total. The van der Waals surface area contributed by atoms with E-state index in [0.29, 0.717) is 18.2 Å². The van der Waals surface area contributed by atoms with Crippen molar-refractivity contribution in [2.24, 2.45) is 0 Å². The molecule has 22 heavy (non-hydrogen) atoms. The lowest BCUT2D eigenvalue weighted by molar-refractivity contribution is 0.0526. The van der Waals surface area contributed by atoms with Gasteiger partial charge in [-0.25, -0.2) is 4.79 Å². The standard InChI is InChI=1S/C16H21N3O2S/c1-2-21-16(20)14-8-17-19(10-14)15-4-3-6-18(11-15)9-13-5-7-22-12-13/h5,7-8,10,12,15H,2-4,6,9,11H2,1H3/t15-/m0/s1. The Bertz CT molecular complexity index is 609. The Labute approximate surface area is 134 Å². The van der Waals surface area contributed by atoms with Gasteiger partial charge in [0.25, 0.3) is 0 Å². The molecule has 0 saturated carbocycles. The fraction of sp³-hybridized carbons (Fsp3) is 0.500. The average molecular weight is 319 g/mol. The van der Waals surface area contributed by atoms with E-state index in [-0.39, 0.29) is 5.97 Å². The van der Waals surface area contributed by atoms with Crippen molar-refractivity contribution in [3.63, 3.8) is 0 Å². The monoisotopic (exact) mass is 319 g/mol. The first kappa shape index (κ1) is 15.2. The highest BCUT2D eigenvalue weighted by atomic mass is 32.1. The smallest absolute Gasteiger partial charge is 0.341 e. The van der Waals surface area contributed by atoms with Crippen molar-refractivity contribution in [3.8, 4) is 0 Å². The molecule has 5 nitrogen and oxygen atoms in total. The van der Waals surface area contributed by atoms with Crippen LogP contribution in [0.2, 0.25) is 0 Å². The Morgan fingerprint density at radius 2 is 2.45 bits per heavy atom. The van der Waals surface area contributed by atoms with Crippen LogP contribution in [0.3, 0.4) is 0 Å².